The number of rotatable bonds is 3. The fraction of sp³-hybridized carbons (Fsp3) is 0.421. The first-order valence-electron chi connectivity index (χ1n) is 9.07. The average molecular weight is 370 g/mol. The first kappa shape index (κ1) is 17.4. The summed E-state index contributed by atoms with van der Waals surface area (Å²) in [5.41, 5.74) is 0. The van der Waals surface area contributed by atoms with Crippen LogP contribution in [0.4, 0.5) is 0 Å². The van der Waals surface area contributed by atoms with Crippen LogP contribution in [0.5, 0.6) is 11.5 Å². The number of carbonyl (C=O) groups is 2. The van der Waals surface area contributed by atoms with Gasteiger partial charge >= 0.3 is 0 Å². The maximum Gasteiger partial charge on any atom is 0.267 e. The van der Waals surface area contributed by atoms with Crippen LogP contribution in [-0.2, 0) is 9.59 Å². The number of hydrogen-bond donors (Lipinski definition) is 0. The maximum absolute atomic E-state index is 12.8. The van der Waals surface area contributed by atoms with Gasteiger partial charge in [-0.3, -0.25) is 9.59 Å². The molecule has 8 heteroatoms. The fourth-order valence-corrected chi connectivity index (χ4v) is 3.38. The van der Waals surface area contributed by atoms with E-state index in [1.807, 2.05) is 25.1 Å². The third kappa shape index (κ3) is 3.47. The second-order valence-electron chi connectivity index (χ2n) is 6.70. The first-order chi connectivity index (χ1) is 13.1. The molecule has 2 aliphatic rings. The van der Waals surface area contributed by atoms with Gasteiger partial charge in [0.25, 0.3) is 5.91 Å². The summed E-state index contributed by atoms with van der Waals surface area (Å²) in [6.07, 6.45) is 4.43. The Kier molecular flexibility index (Phi) is 4.70. The molecule has 142 valence electrons. The van der Waals surface area contributed by atoms with Gasteiger partial charge in [-0.1, -0.05) is 12.1 Å². The van der Waals surface area contributed by atoms with Crippen molar-refractivity contribution in [1.29, 1.82) is 0 Å². The molecule has 2 aromatic rings. The van der Waals surface area contributed by atoms with Crippen LogP contribution in [0.1, 0.15) is 13.0 Å². The Morgan fingerprint density at radius 1 is 1.11 bits per heavy atom. The molecule has 1 aromatic heterocycles. The SMILES string of the molecule is C[C@H](C(=O)N1CCN(C(=O)[C@H]2COc3ccccc3O2)CC1)n1ccnc1. The van der Waals surface area contributed by atoms with Gasteiger partial charge in [0.1, 0.15) is 12.6 Å². The quantitative estimate of drug-likeness (QED) is 0.804. The molecular formula is C19H22N4O4. The van der Waals surface area contributed by atoms with Crippen LogP contribution in [0.25, 0.3) is 0 Å². The molecule has 0 unspecified atom stereocenters. The van der Waals surface area contributed by atoms with Crippen LogP contribution in [0.15, 0.2) is 43.0 Å². The van der Waals surface area contributed by atoms with Gasteiger partial charge in [-0.15, -0.1) is 0 Å². The summed E-state index contributed by atoms with van der Waals surface area (Å²) in [7, 11) is 0. The number of hydrogen-bond acceptors (Lipinski definition) is 5. The van der Waals surface area contributed by atoms with E-state index in [1.54, 1.807) is 39.2 Å². The van der Waals surface area contributed by atoms with Gasteiger partial charge in [0.05, 0.1) is 6.33 Å². The highest BCUT2D eigenvalue weighted by Crippen LogP contribution is 2.31. The first-order valence-corrected chi connectivity index (χ1v) is 9.07. The number of imidazole rings is 1. The molecule has 2 aliphatic heterocycles. The molecule has 0 spiro atoms. The van der Waals surface area contributed by atoms with E-state index in [2.05, 4.69) is 4.98 Å². The number of fused-ring (bicyclic) bond motifs is 1. The molecule has 2 amide bonds. The van der Waals surface area contributed by atoms with Crippen LogP contribution in [0.3, 0.4) is 0 Å². The van der Waals surface area contributed by atoms with Crippen molar-refractivity contribution in [3.63, 3.8) is 0 Å². The Morgan fingerprint density at radius 3 is 2.52 bits per heavy atom. The molecule has 3 heterocycles. The highest BCUT2D eigenvalue weighted by atomic mass is 16.6. The van der Waals surface area contributed by atoms with Gasteiger partial charge < -0.3 is 23.8 Å². The Hall–Kier alpha value is -3.03. The van der Waals surface area contributed by atoms with E-state index < -0.39 is 6.10 Å². The van der Waals surface area contributed by atoms with Crippen LogP contribution < -0.4 is 9.47 Å². The van der Waals surface area contributed by atoms with E-state index in [9.17, 15) is 9.59 Å². The number of piperazine rings is 1. The maximum atomic E-state index is 12.8. The van der Waals surface area contributed by atoms with Gasteiger partial charge in [-0.25, -0.2) is 4.98 Å². The molecule has 1 fully saturated rings. The minimum Gasteiger partial charge on any atom is -0.485 e. The van der Waals surface area contributed by atoms with Gasteiger partial charge in [-0.05, 0) is 19.1 Å². The van der Waals surface area contributed by atoms with Gasteiger partial charge in [0, 0.05) is 38.6 Å². The van der Waals surface area contributed by atoms with Crippen molar-refractivity contribution in [2.24, 2.45) is 0 Å². The zero-order chi connectivity index (χ0) is 18.8. The van der Waals surface area contributed by atoms with Crippen molar-refractivity contribution in [1.82, 2.24) is 19.4 Å². The molecule has 0 bridgehead atoms. The number of aromatic nitrogens is 2. The molecule has 0 aliphatic carbocycles. The number of para-hydroxylation sites is 2. The predicted molar refractivity (Wildman–Crippen MR) is 96.5 cm³/mol. The lowest BCUT2D eigenvalue weighted by atomic mass is 10.2. The topological polar surface area (TPSA) is 76.9 Å². The highest BCUT2D eigenvalue weighted by Gasteiger charge is 2.34. The Balaban J connectivity index is 1.33. The standard InChI is InChI=1S/C19H22N4O4/c1-14(23-7-6-20-13-23)18(24)21-8-10-22(11-9-21)19(25)17-12-26-15-4-2-3-5-16(15)27-17/h2-7,13-14,17H,8-12H2,1H3/t14-,17-/m1/s1. The molecule has 1 aromatic carbocycles. The van der Waals surface area contributed by atoms with Crippen molar-refractivity contribution in [2.75, 3.05) is 32.8 Å². The molecule has 0 saturated carbocycles. The van der Waals surface area contributed by atoms with Crippen LogP contribution in [0, 0.1) is 0 Å². The number of benzene rings is 1. The Bertz CT molecular complexity index is 815. The molecule has 1 saturated heterocycles. The molecule has 0 N–H and O–H groups in total. The number of nitrogens with zero attached hydrogens (tertiary/aromatic N) is 4. The van der Waals surface area contributed by atoms with E-state index >= 15 is 0 Å². The Morgan fingerprint density at radius 2 is 1.81 bits per heavy atom. The largest absolute Gasteiger partial charge is 0.485 e. The third-order valence-electron chi connectivity index (χ3n) is 5.02. The predicted octanol–water partition coefficient (Wildman–Crippen LogP) is 0.955. The summed E-state index contributed by atoms with van der Waals surface area (Å²) in [5.74, 6) is 1.18. The van der Waals surface area contributed by atoms with Crippen molar-refractivity contribution in [2.45, 2.75) is 19.1 Å². The van der Waals surface area contributed by atoms with E-state index in [4.69, 9.17) is 9.47 Å². The second kappa shape index (κ2) is 7.30. The van der Waals surface area contributed by atoms with E-state index in [-0.39, 0.29) is 24.5 Å². The molecule has 0 radical (unpaired) electrons. The summed E-state index contributed by atoms with van der Waals surface area (Å²) in [5, 5.41) is 0. The smallest absolute Gasteiger partial charge is 0.267 e. The molecular weight excluding hydrogens is 348 g/mol. The van der Waals surface area contributed by atoms with Crippen molar-refractivity contribution >= 4 is 11.8 Å². The average Bonchev–Trinajstić information content (AvgIpc) is 3.27. The van der Waals surface area contributed by atoms with Gasteiger partial charge in [-0.2, -0.15) is 0 Å². The summed E-state index contributed by atoms with van der Waals surface area (Å²) >= 11 is 0. The monoisotopic (exact) mass is 370 g/mol. The van der Waals surface area contributed by atoms with Crippen molar-refractivity contribution in [3.05, 3.63) is 43.0 Å². The Labute approximate surface area is 157 Å². The van der Waals surface area contributed by atoms with Crippen molar-refractivity contribution in [3.8, 4) is 11.5 Å². The van der Waals surface area contributed by atoms with E-state index in [0.717, 1.165) is 0 Å². The number of carbonyl (C=O) groups excluding carboxylic acids is 2. The third-order valence-corrected chi connectivity index (χ3v) is 5.02. The lowest BCUT2D eigenvalue weighted by molar-refractivity contribution is -0.147. The number of ether oxygens (including phenoxy) is 2. The van der Waals surface area contributed by atoms with Gasteiger partial charge in [0.2, 0.25) is 12.0 Å². The lowest BCUT2D eigenvalue weighted by Crippen LogP contribution is -2.55. The minimum absolute atomic E-state index is 0.0336. The zero-order valence-electron chi connectivity index (χ0n) is 15.2. The van der Waals surface area contributed by atoms with Crippen LogP contribution in [-0.4, -0.2) is 70.1 Å². The second-order valence-corrected chi connectivity index (χ2v) is 6.70. The zero-order valence-corrected chi connectivity index (χ0v) is 15.2. The summed E-state index contributed by atoms with van der Waals surface area (Å²) in [6, 6.07) is 7.03. The normalized spacial score (nSPS) is 20.3. The minimum atomic E-state index is -0.646. The molecule has 27 heavy (non-hydrogen) atoms. The summed E-state index contributed by atoms with van der Waals surface area (Å²) in [4.78, 5) is 32.9. The fourth-order valence-electron chi connectivity index (χ4n) is 3.38. The molecule has 2 atom stereocenters. The molecule has 4 rings (SSSR count). The summed E-state index contributed by atoms with van der Waals surface area (Å²) < 4.78 is 13.2. The lowest BCUT2D eigenvalue weighted by Gasteiger charge is -2.38. The van der Waals surface area contributed by atoms with Crippen LogP contribution >= 0.6 is 0 Å². The highest BCUT2D eigenvalue weighted by molar-refractivity contribution is 5.83. The van der Waals surface area contributed by atoms with E-state index in [0.29, 0.717) is 37.7 Å². The van der Waals surface area contributed by atoms with Crippen molar-refractivity contribution < 1.29 is 19.1 Å². The van der Waals surface area contributed by atoms with Gasteiger partial charge in [0.15, 0.2) is 11.5 Å². The number of amides is 2. The molecule has 8 nitrogen and oxygen atoms in total. The van der Waals surface area contributed by atoms with Crippen LogP contribution in [0.2, 0.25) is 0 Å². The van der Waals surface area contributed by atoms with E-state index in [1.165, 1.54) is 0 Å². The summed E-state index contributed by atoms with van der Waals surface area (Å²) in [6.45, 7) is 4.05.